The van der Waals surface area contributed by atoms with Crippen LogP contribution in [0.15, 0.2) is 12.3 Å². The highest BCUT2D eigenvalue weighted by Gasteiger charge is 2.08. The third-order valence-corrected chi connectivity index (χ3v) is 2.28. The number of anilines is 1. The first-order chi connectivity index (χ1) is 6.11. The SMILES string of the molecule is CC(C)CCC(C)n1nccc1N. The average Bonchev–Trinajstić information content (AvgIpc) is 2.47. The van der Waals surface area contributed by atoms with E-state index in [2.05, 4.69) is 25.9 Å². The molecule has 0 aliphatic heterocycles. The van der Waals surface area contributed by atoms with E-state index in [4.69, 9.17) is 5.73 Å². The third kappa shape index (κ3) is 2.76. The van der Waals surface area contributed by atoms with E-state index < -0.39 is 0 Å². The van der Waals surface area contributed by atoms with E-state index in [1.165, 1.54) is 6.42 Å². The highest BCUT2D eigenvalue weighted by Crippen LogP contribution is 2.18. The molecule has 2 N–H and O–H groups in total. The van der Waals surface area contributed by atoms with E-state index in [1.807, 2.05) is 10.7 Å². The summed E-state index contributed by atoms with van der Waals surface area (Å²) in [6.45, 7) is 6.63. The van der Waals surface area contributed by atoms with Gasteiger partial charge in [-0.3, -0.25) is 0 Å². The lowest BCUT2D eigenvalue weighted by atomic mass is 10.0. The molecule has 1 rings (SSSR count). The summed E-state index contributed by atoms with van der Waals surface area (Å²) in [7, 11) is 0. The highest BCUT2D eigenvalue weighted by molar-refractivity contribution is 5.26. The van der Waals surface area contributed by atoms with Crippen molar-refractivity contribution in [2.24, 2.45) is 5.92 Å². The summed E-state index contributed by atoms with van der Waals surface area (Å²) < 4.78 is 1.89. The van der Waals surface area contributed by atoms with Crippen LogP contribution in [0.2, 0.25) is 0 Å². The molecule has 0 fully saturated rings. The minimum absolute atomic E-state index is 0.414. The molecule has 1 unspecified atom stereocenters. The Labute approximate surface area is 79.9 Å². The van der Waals surface area contributed by atoms with E-state index in [9.17, 15) is 0 Å². The molecule has 0 aromatic carbocycles. The van der Waals surface area contributed by atoms with Crippen molar-refractivity contribution >= 4 is 5.82 Å². The fourth-order valence-corrected chi connectivity index (χ4v) is 1.39. The second-order valence-corrected chi connectivity index (χ2v) is 4.02. The summed E-state index contributed by atoms with van der Waals surface area (Å²) in [6, 6.07) is 2.25. The lowest BCUT2D eigenvalue weighted by molar-refractivity contribution is 0.415. The number of nitrogens with zero attached hydrogens (tertiary/aromatic N) is 2. The Bertz CT molecular complexity index is 252. The molecule has 0 bridgehead atoms. The quantitative estimate of drug-likeness (QED) is 0.775. The van der Waals surface area contributed by atoms with Gasteiger partial charge in [-0.05, 0) is 31.7 Å². The molecule has 1 heterocycles. The fourth-order valence-electron chi connectivity index (χ4n) is 1.39. The van der Waals surface area contributed by atoms with Crippen LogP contribution in [-0.4, -0.2) is 9.78 Å². The van der Waals surface area contributed by atoms with Gasteiger partial charge in [0.05, 0.1) is 12.2 Å². The van der Waals surface area contributed by atoms with Crippen LogP contribution in [0.3, 0.4) is 0 Å². The van der Waals surface area contributed by atoms with Gasteiger partial charge in [-0.1, -0.05) is 13.8 Å². The van der Waals surface area contributed by atoms with Crippen LogP contribution in [0.25, 0.3) is 0 Å². The van der Waals surface area contributed by atoms with Crippen LogP contribution in [0.1, 0.15) is 39.7 Å². The lowest BCUT2D eigenvalue weighted by Gasteiger charge is -2.14. The molecule has 0 saturated carbocycles. The van der Waals surface area contributed by atoms with Gasteiger partial charge in [0.25, 0.3) is 0 Å². The molecule has 13 heavy (non-hydrogen) atoms. The van der Waals surface area contributed by atoms with Gasteiger partial charge in [-0.2, -0.15) is 5.10 Å². The zero-order chi connectivity index (χ0) is 9.84. The Kier molecular flexibility index (Phi) is 3.34. The summed E-state index contributed by atoms with van der Waals surface area (Å²) in [5.41, 5.74) is 5.75. The van der Waals surface area contributed by atoms with Crippen molar-refractivity contribution in [3.8, 4) is 0 Å². The topological polar surface area (TPSA) is 43.8 Å². The summed E-state index contributed by atoms with van der Waals surface area (Å²) in [6.07, 6.45) is 4.12. The molecular weight excluding hydrogens is 162 g/mol. The Morgan fingerprint density at radius 3 is 2.54 bits per heavy atom. The van der Waals surface area contributed by atoms with Gasteiger partial charge in [0.15, 0.2) is 0 Å². The van der Waals surface area contributed by atoms with Gasteiger partial charge < -0.3 is 5.73 Å². The van der Waals surface area contributed by atoms with Crippen LogP contribution in [-0.2, 0) is 0 Å². The van der Waals surface area contributed by atoms with Gasteiger partial charge in [0, 0.05) is 0 Å². The van der Waals surface area contributed by atoms with E-state index in [-0.39, 0.29) is 0 Å². The summed E-state index contributed by atoms with van der Waals surface area (Å²) in [4.78, 5) is 0. The Balaban J connectivity index is 2.49. The Morgan fingerprint density at radius 2 is 2.08 bits per heavy atom. The van der Waals surface area contributed by atoms with Crippen molar-refractivity contribution < 1.29 is 0 Å². The molecular formula is C10H19N3. The van der Waals surface area contributed by atoms with Crippen molar-refractivity contribution in [1.82, 2.24) is 9.78 Å². The van der Waals surface area contributed by atoms with Crippen molar-refractivity contribution in [2.45, 2.75) is 39.7 Å². The van der Waals surface area contributed by atoms with Crippen LogP contribution in [0.4, 0.5) is 5.82 Å². The van der Waals surface area contributed by atoms with Crippen LogP contribution < -0.4 is 5.73 Å². The van der Waals surface area contributed by atoms with E-state index >= 15 is 0 Å². The zero-order valence-corrected chi connectivity index (χ0v) is 8.70. The summed E-state index contributed by atoms with van der Waals surface area (Å²) >= 11 is 0. The van der Waals surface area contributed by atoms with Gasteiger partial charge in [0.1, 0.15) is 5.82 Å². The predicted molar refractivity (Wildman–Crippen MR) is 55.4 cm³/mol. The first-order valence-electron chi connectivity index (χ1n) is 4.90. The van der Waals surface area contributed by atoms with Gasteiger partial charge >= 0.3 is 0 Å². The molecule has 0 amide bonds. The van der Waals surface area contributed by atoms with Gasteiger partial charge in [-0.25, -0.2) is 4.68 Å². The first-order valence-corrected chi connectivity index (χ1v) is 4.90. The van der Waals surface area contributed by atoms with E-state index in [0.29, 0.717) is 6.04 Å². The summed E-state index contributed by atoms with van der Waals surface area (Å²) in [5.74, 6) is 1.51. The van der Waals surface area contributed by atoms with Crippen molar-refractivity contribution in [2.75, 3.05) is 5.73 Å². The maximum absolute atomic E-state index is 5.75. The number of aromatic nitrogens is 2. The Morgan fingerprint density at radius 1 is 1.38 bits per heavy atom. The molecule has 0 radical (unpaired) electrons. The predicted octanol–water partition coefficient (Wildman–Crippen LogP) is 2.46. The second kappa shape index (κ2) is 4.30. The molecule has 3 heteroatoms. The van der Waals surface area contributed by atoms with E-state index in [1.54, 1.807) is 6.20 Å². The number of nitrogen functional groups attached to an aromatic ring is 1. The monoisotopic (exact) mass is 181 g/mol. The molecule has 0 spiro atoms. The lowest BCUT2D eigenvalue weighted by Crippen LogP contribution is -2.10. The maximum atomic E-state index is 5.75. The number of hydrogen-bond donors (Lipinski definition) is 1. The van der Waals surface area contributed by atoms with Crippen LogP contribution in [0, 0.1) is 5.92 Å². The largest absolute Gasteiger partial charge is 0.384 e. The molecule has 0 saturated heterocycles. The Hall–Kier alpha value is -0.990. The fraction of sp³-hybridized carbons (Fsp3) is 0.700. The molecule has 0 aliphatic rings. The minimum Gasteiger partial charge on any atom is -0.384 e. The zero-order valence-electron chi connectivity index (χ0n) is 8.70. The standard InChI is InChI=1S/C10H19N3/c1-8(2)4-5-9(3)13-10(11)6-7-12-13/h6-9H,4-5,11H2,1-3H3. The normalized spacial score (nSPS) is 13.5. The van der Waals surface area contributed by atoms with Crippen LogP contribution >= 0.6 is 0 Å². The first kappa shape index (κ1) is 10.1. The second-order valence-electron chi connectivity index (χ2n) is 4.02. The van der Waals surface area contributed by atoms with E-state index in [0.717, 1.165) is 18.2 Å². The molecule has 0 aliphatic carbocycles. The number of hydrogen-bond acceptors (Lipinski definition) is 2. The molecule has 1 aromatic rings. The van der Waals surface area contributed by atoms with Crippen molar-refractivity contribution in [1.29, 1.82) is 0 Å². The van der Waals surface area contributed by atoms with Crippen molar-refractivity contribution in [3.63, 3.8) is 0 Å². The minimum atomic E-state index is 0.414. The third-order valence-electron chi connectivity index (χ3n) is 2.28. The number of rotatable bonds is 4. The maximum Gasteiger partial charge on any atom is 0.121 e. The highest BCUT2D eigenvalue weighted by atomic mass is 15.3. The van der Waals surface area contributed by atoms with Gasteiger partial charge in [-0.15, -0.1) is 0 Å². The molecule has 1 atom stereocenters. The molecule has 74 valence electrons. The number of nitrogens with two attached hydrogens (primary N) is 1. The molecule has 3 nitrogen and oxygen atoms in total. The van der Waals surface area contributed by atoms with Crippen LogP contribution in [0.5, 0.6) is 0 Å². The average molecular weight is 181 g/mol. The molecule has 1 aromatic heterocycles. The smallest absolute Gasteiger partial charge is 0.121 e. The van der Waals surface area contributed by atoms with Gasteiger partial charge in [0.2, 0.25) is 0 Å². The van der Waals surface area contributed by atoms with Crippen molar-refractivity contribution in [3.05, 3.63) is 12.3 Å². The summed E-state index contributed by atoms with van der Waals surface area (Å²) in [5, 5.41) is 4.19.